The fraction of sp³-hybridized carbons (Fsp3) is 0.500. The predicted octanol–water partition coefficient (Wildman–Crippen LogP) is 1.98. The molecule has 9 heteroatoms. The standard InChI is InChI=1S/C22H27N3O6/c1-30-21(28)31-25-14-22(9-10-22)13-17(19(26)23-29)18(25)20(27)24-11-7-16(8-12-24)15-5-3-2-4-6-15/h2-7,17-18,29H,8-14H2,1H3,(H,23,26). The highest BCUT2D eigenvalue weighted by molar-refractivity contribution is 5.90. The first-order valence-corrected chi connectivity index (χ1v) is 10.5. The zero-order valence-corrected chi connectivity index (χ0v) is 17.5. The highest BCUT2D eigenvalue weighted by Crippen LogP contribution is 2.55. The monoisotopic (exact) mass is 429 g/mol. The minimum absolute atomic E-state index is 0.190. The van der Waals surface area contributed by atoms with Crippen molar-refractivity contribution in [2.45, 2.75) is 31.7 Å². The number of carbonyl (C=O) groups excluding carboxylic acids is 3. The predicted molar refractivity (Wildman–Crippen MR) is 109 cm³/mol. The Morgan fingerprint density at radius 2 is 1.94 bits per heavy atom. The second-order valence-corrected chi connectivity index (χ2v) is 8.48. The molecule has 0 aromatic heterocycles. The fourth-order valence-corrected chi connectivity index (χ4v) is 4.62. The number of benzene rings is 1. The number of hydroxylamine groups is 3. The van der Waals surface area contributed by atoms with Crippen LogP contribution in [0.15, 0.2) is 36.4 Å². The number of piperidine rings is 1. The summed E-state index contributed by atoms with van der Waals surface area (Å²) in [4.78, 5) is 44.8. The van der Waals surface area contributed by atoms with Crippen molar-refractivity contribution < 1.29 is 29.2 Å². The van der Waals surface area contributed by atoms with Crippen LogP contribution in [0, 0.1) is 11.3 Å². The van der Waals surface area contributed by atoms with Gasteiger partial charge in [-0.2, -0.15) is 0 Å². The van der Waals surface area contributed by atoms with E-state index in [1.807, 2.05) is 36.4 Å². The van der Waals surface area contributed by atoms with Gasteiger partial charge in [0.05, 0.1) is 13.0 Å². The molecule has 1 aromatic rings. The molecule has 0 bridgehead atoms. The summed E-state index contributed by atoms with van der Waals surface area (Å²) in [6.45, 7) is 1.23. The number of ether oxygens (including phenoxy) is 1. The van der Waals surface area contributed by atoms with Crippen molar-refractivity contribution in [3.8, 4) is 0 Å². The van der Waals surface area contributed by atoms with Crippen LogP contribution in [-0.2, 0) is 19.2 Å². The summed E-state index contributed by atoms with van der Waals surface area (Å²) in [5, 5.41) is 10.6. The number of amides is 2. The van der Waals surface area contributed by atoms with Gasteiger partial charge in [0.2, 0.25) is 11.8 Å². The molecule has 1 saturated heterocycles. The van der Waals surface area contributed by atoms with Crippen LogP contribution in [0.25, 0.3) is 5.57 Å². The lowest BCUT2D eigenvalue weighted by Crippen LogP contribution is -2.61. The molecule has 2 fully saturated rings. The number of nitrogens with zero attached hydrogens (tertiary/aromatic N) is 2. The molecule has 2 N–H and O–H groups in total. The van der Waals surface area contributed by atoms with E-state index in [9.17, 15) is 19.6 Å². The Morgan fingerprint density at radius 1 is 1.19 bits per heavy atom. The van der Waals surface area contributed by atoms with Gasteiger partial charge in [-0.15, -0.1) is 5.06 Å². The summed E-state index contributed by atoms with van der Waals surface area (Å²) in [5.41, 5.74) is 3.78. The Hall–Kier alpha value is -2.91. The molecule has 0 radical (unpaired) electrons. The van der Waals surface area contributed by atoms with Crippen LogP contribution < -0.4 is 5.48 Å². The van der Waals surface area contributed by atoms with E-state index < -0.39 is 24.0 Å². The molecule has 9 nitrogen and oxygen atoms in total. The number of carbonyl (C=O) groups is 3. The van der Waals surface area contributed by atoms with Crippen molar-refractivity contribution in [1.29, 1.82) is 0 Å². The normalized spacial score (nSPS) is 24.8. The van der Waals surface area contributed by atoms with Gasteiger partial charge in [0.1, 0.15) is 6.04 Å². The topological polar surface area (TPSA) is 108 Å². The fourth-order valence-electron chi connectivity index (χ4n) is 4.62. The van der Waals surface area contributed by atoms with Gasteiger partial charge in [-0.25, -0.2) is 10.3 Å². The second kappa shape index (κ2) is 8.68. The Kier molecular flexibility index (Phi) is 5.97. The average Bonchev–Trinajstić information content (AvgIpc) is 3.56. The lowest BCUT2D eigenvalue weighted by atomic mass is 9.80. The molecule has 1 spiro atoms. The lowest BCUT2D eigenvalue weighted by Gasteiger charge is -2.43. The minimum atomic E-state index is -1.02. The molecular formula is C22H27N3O6. The molecule has 2 amide bonds. The third-order valence-corrected chi connectivity index (χ3v) is 6.52. The van der Waals surface area contributed by atoms with E-state index in [1.165, 1.54) is 12.2 Å². The first kappa shape index (κ1) is 21.3. The van der Waals surface area contributed by atoms with Crippen molar-refractivity contribution in [3.05, 3.63) is 42.0 Å². The summed E-state index contributed by atoms with van der Waals surface area (Å²) in [6.07, 6.45) is 3.95. The SMILES string of the molecule is COC(=O)ON1CC2(CC2)CC(C(=O)NO)C1C(=O)N1CC=C(c2ccccc2)CC1. The number of hydrogen-bond acceptors (Lipinski definition) is 7. The van der Waals surface area contributed by atoms with Crippen molar-refractivity contribution in [2.75, 3.05) is 26.7 Å². The van der Waals surface area contributed by atoms with Gasteiger partial charge >= 0.3 is 6.16 Å². The number of hydrogen-bond donors (Lipinski definition) is 2. The molecule has 31 heavy (non-hydrogen) atoms. The first-order valence-electron chi connectivity index (χ1n) is 10.5. The molecule has 3 aliphatic rings. The smallest absolute Gasteiger partial charge is 0.436 e. The molecule has 166 valence electrons. The Morgan fingerprint density at radius 3 is 2.52 bits per heavy atom. The highest BCUT2D eigenvalue weighted by atomic mass is 16.8. The molecule has 4 rings (SSSR count). The molecule has 2 aliphatic heterocycles. The van der Waals surface area contributed by atoms with Gasteiger partial charge < -0.3 is 14.5 Å². The van der Waals surface area contributed by atoms with Gasteiger partial charge in [0.15, 0.2) is 0 Å². The van der Waals surface area contributed by atoms with E-state index >= 15 is 0 Å². The van der Waals surface area contributed by atoms with Gasteiger partial charge in [-0.05, 0) is 42.2 Å². The Bertz CT molecular complexity index is 882. The zero-order chi connectivity index (χ0) is 22.0. The number of rotatable bonds is 4. The second-order valence-electron chi connectivity index (χ2n) is 8.48. The van der Waals surface area contributed by atoms with Gasteiger partial charge in [-0.1, -0.05) is 36.4 Å². The summed E-state index contributed by atoms with van der Waals surface area (Å²) >= 11 is 0. The van der Waals surface area contributed by atoms with Gasteiger partial charge in [-0.3, -0.25) is 14.8 Å². The quantitative estimate of drug-likeness (QED) is 0.428. The first-order chi connectivity index (χ1) is 15.0. The van der Waals surface area contributed by atoms with Crippen LogP contribution in [-0.4, -0.2) is 65.9 Å². The van der Waals surface area contributed by atoms with Crippen molar-refractivity contribution in [3.63, 3.8) is 0 Å². The minimum Gasteiger partial charge on any atom is -0.436 e. The summed E-state index contributed by atoms with van der Waals surface area (Å²) in [5.74, 6) is -1.80. The van der Waals surface area contributed by atoms with Crippen LogP contribution in [0.1, 0.15) is 31.2 Å². The number of nitrogens with one attached hydrogen (secondary N) is 1. The van der Waals surface area contributed by atoms with E-state index in [2.05, 4.69) is 4.74 Å². The molecule has 1 aromatic carbocycles. The zero-order valence-electron chi connectivity index (χ0n) is 17.5. The van der Waals surface area contributed by atoms with Crippen LogP contribution in [0.5, 0.6) is 0 Å². The average molecular weight is 429 g/mol. The largest absolute Gasteiger partial charge is 0.527 e. The maximum atomic E-state index is 13.5. The summed E-state index contributed by atoms with van der Waals surface area (Å²) in [6, 6.07) is 8.96. The molecule has 2 atom stereocenters. The van der Waals surface area contributed by atoms with E-state index in [4.69, 9.17) is 4.84 Å². The third kappa shape index (κ3) is 4.42. The summed E-state index contributed by atoms with van der Waals surface area (Å²) in [7, 11) is 1.19. The highest BCUT2D eigenvalue weighted by Gasteiger charge is 2.57. The van der Waals surface area contributed by atoms with Crippen LogP contribution in [0.3, 0.4) is 0 Å². The molecule has 1 saturated carbocycles. The van der Waals surface area contributed by atoms with Crippen molar-refractivity contribution in [1.82, 2.24) is 15.4 Å². The third-order valence-electron chi connectivity index (χ3n) is 6.52. The Balaban J connectivity index is 1.56. The van der Waals surface area contributed by atoms with E-state index in [0.717, 1.165) is 24.0 Å². The van der Waals surface area contributed by atoms with E-state index in [-0.39, 0.29) is 11.3 Å². The molecule has 2 heterocycles. The van der Waals surface area contributed by atoms with E-state index in [1.54, 1.807) is 10.4 Å². The maximum Gasteiger partial charge on any atom is 0.527 e. The molecule has 2 unspecified atom stereocenters. The van der Waals surface area contributed by atoms with Gasteiger partial charge in [0, 0.05) is 19.6 Å². The summed E-state index contributed by atoms with van der Waals surface area (Å²) < 4.78 is 4.61. The molecule has 1 aliphatic carbocycles. The number of methoxy groups -OCH3 is 1. The van der Waals surface area contributed by atoms with Crippen LogP contribution in [0.2, 0.25) is 0 Å². The Labute approximate surface area is 180 Å². The van der Waals surface area contributed by atoms with Gasteiger partial charge in [0.25, 0.3) is 0 Å². The maximum absolute atomic E-state index is 13.5. The van der Waals surface area contributed by atoms with Crippen molar-refractivity contribution >= 4 is 23.5 Å². The van der Waals surface area contributed by atoms with Crippen molar-refractivity contribution in [2.24, 2.45) is 11.3 Å². The van der Waals surface area contributed by atoms with Crippen LogP contribution >= 0.6 is 0 Å². The lowest BCUT2D eigenvalue weighted by molar-refractivity contribution is -0.203. The van der Waals surface area contributed by atoms with E-state index in [0.29, 0.717) is 32.5 Å². The molecular weight excluding hydrogens is 402 g/mol. The van der Waals surface area contributed by atoms with Crippen LogP contribution in [0.4, 0.5) is 4.79 Å².